The zero-order chi connectivity index (χ0) is 16.6. The topological polar surface area (TPSA) is 82.7 Å². The molecular weight excluding hydrogens is 294 g/mol. The summed E-state index contributed by atoms with van der Waals surface area (Å²) in [4.78, 5) is 11.7. The van der Waals surface area contributed by atoms with Crippen LogP contribution in [0.15, 0.2) is 42.5 Å². The van der Waals surface area contributed by atoms with Crippen molar-refractivity contribution in [1.82, 2.24) is 4.57 Å². The molecule has 3 rings (SSSR count). The third-order valence-electron chi connectivity index (χ3n) is 4.00. The summed E-state index contributed by atoms with van der Waals surface area (Å²) in [5, 5.41) is 29.5. The highest BCUT2D eigenvalue weighted by Crippen LogP contribution is 2.34. The maximum absolute atomic E-state index is 11.7. The van der Waals surface area contributed by atoms with Crippen molar-refractivity contribution in [3.63, 3.8) is 0 Å². The molecule has 0 atom stereocenters. The standard InChI is InChI=1S/C18H17NO4/c1-2-13-17(18(22)23)16-14(4-3-5-15(16)21)19(13)10-11-6-8-12(20)9-7-11/h3-9,20-21H,2,10H2,1H3,(H,22,23). The number of phenolic OH excluding ortho intramolecular Hbond substituents is 2. The second-order valence-corrected chi connectivity index (χ2v) is 5.40. The molecule has 0 amide bonds. The molecule has 5 nitrogen and oxygen atoms in total. The van der Waals surface area contributed by atoms with Gasteiger partial charge in [0.1, 0.15) is 11.5 Å². The Morgan fingerprint density at radius 2 is 1.78 bits per heavy atom. The van der Waals surface area contributed by atoms with Crippen molar-refractivity contribution in [1.29, 1.82) is 0 Å². The van der Waals surface area contributed by atoms with Crippen molar-refractivity contribution in [3.8, 4) is 11.5 Å². The molecule has 0 aliphatic rings. The SMILES string of the molecule is CCc1c(C(=O)O)c2c(O)cccc2n1Cc1ccc(O)cc1. The first-order valence-electron chi connectivity index (χ1n) is 7.37. The van der Waals surface area contributed by atoms with Crippen LogP contribution in [-0.2, 0) is 13.0 Å². The quantitative estimate of drug-likeness (QED) is 0.690. The van der Waals surface area contributed by atoms with E-state index >= 15 is 0 Å². The summed E-state index contributed by atoms with van der Waals surface area (Å²) in [6, 6.07) is 11.8. The van der Waals surface area contributed by atoms with Gasteiger partial charge in [0, 0.05) is 12.2 Å². The van der Waals surface area contributed by atoms with Crippen molar-refractivity contribution in [2.75, 3.05) is 0 Å². The van der Waals surface area contributed by atoms with E-state index in [2.05, 4.69) is 0 Å². The Kier molecular flexibility index (Phi) is 3.70. The van der Waals surface area contributed by atoms with Gasteiger partial charge in [0.05, 0.1) is 16.5 Å². The van der Waals surface area contributed by atoms with Gasteiger partial charge in [-0.3, -0.25) is 0 Å². The Balaban J connectivity index is 2.25. The number of hydrogen-bond acceptors (Lipinski definition) is 3. The lowest BCUT2D eigenvalue weighted by Gasteiger charge is -2.10. The maximum atomic E-state index is 11.7. The fourth-order valence-electron chi connectivity index (χ4n) is 3.00. The molecule has 118 valence electrons. The summed E-state index contributed by atoms with van der Waals surface area (Å²) < 4.78 is 1.91. The summed E-state index contributed by atoms with van der Waals surface area (Å²) in [7, 11) is 0. The fraction of sp³-hybridized carbons (Fsp3) is 0.167. The molecule has 0 aliphatic heterocycles. The van der Waals surface area contributed by atoms with Crippen LogP contribution in [-0.4, -0.2) is 25.9 Å². The third kappa shape index (κ3) is 2.50. The molecular formula is C18H17NO4. The molecule has 0 saturated heterocycles. The second kappa shape index (κ2) is 5.68. The molecule has 0 bridgehead atoms. The van der Waals surface area contributed by atoms with Crippen LogP contribution in [0.3, 0.4) is 0 Å². The Morgan fingerprint density at radius 1 is 1.09 bits per heavy atom. The van der Waals surface area contributed by atoms with E-state index in [-0.39, 0.29) is 17.1 Å². The van der Waals surface area contributed by atoms with E-state index < -0.39 is 5.97 Å². The largest absolute Gasteiger partial charge is 0.508 e. The Morgan fingerprint density at radius 3 is 2.39 bits per heavy atom. The second-order valence-electron chi connectivity index (χ2n) is 5.40. The average molecular weight is 311 g/mol. The van der Waals surface area contributed by atoms with Gasteiger partial charge < -0.3 is 19.9 Å². The van der Waals surface area contributed by atoms with E-state index in [1.165, 1.54) is 6.07 Å². The smallest absolute Gasteiger partial charge is 0.338 e. The van der Waals surface area contributed by atoms with Crippen LogP contribution in [0.4, 0.5) is 0 Å². The number of aromatic hydroxyl groups is 2. The maximum Gasteiger partial charge on any atom is 0.338 e. The van der Waals surface area contributed by atoms with Crippen LogP contribution < -0.4 is 0 Å². The van der Waals surface area contributed by atoms with Gasteiger partial charge in [-0.2, -0.15) is 0 Å². The van der Waals surface area contributed by atoms with Gasteiger partial charge in [0.15, 0.2) is 0 Å². The van der Waals surface area contributed by atoms with Crippen LogP contribution in [0, 0.1) is 0 Å². The van der Waals surface area contributed by atoms with Crippen LogP contribution in [0.1, 0.15) is 28.5 Å². The van der Waals surface area contributed by atoms with Gasteiger partial charge >= 0.3 is 5.97 Å². The summed E-state index contributed by atoms with van der Waals surface area (Å²) in [6.07, 6.45) is 0.536. The van der Waals surface area contributed by atoms with E-state index in [1.54, 1.807) is 36.4 Å². The minimum atomic E-state index is -1.04. The minimum Gasteiger partial charge on any atom is -0.508 e. The number of hydrogen-bond donors (Lipinski definition) is 3. The number of aromatic carboxylic acids is 1. The van der Waals surface area contributed by atoms with E-state index in [0.29, 0.717) is 29.6 Å². The van der Waals surface area contributed by atoms with Crippen molar-refractivity contribution in [3.05, 3.63) is 59.3 Å². The van der Waals surface area contributed by atoms with Crippen LogP contribution >= 0.6 is 0 Å². The third-order valence-corrected chi connectivity index (χ3v) is 4.00. The molecule has 0 saturated carbocycles. The number of fused-ring (bicyclic) bond motifs is 1. The number of aromatic nitrogens is 1. The monoisotopic (exact) mass is 311 g/mol. The van der Waals surface area contributed by atoms with Gasteiger partial charge in [-0.05, 0) is 36.2 Å². The van der Waals surface area contributed by atoms with E-state index in [9.17, 15) is 20.1 Å². The Labute approximate surface area is 133 Å². The number of nitrogens with zero attached hydrogens (tertiary/aromatic N) is 1. The number of carbonyl (C=O) groups is 1. The average Bonchev–Trinajstić information content (AvgIpc) is 2.85. The van der Waals surface area contributed by atoms with Crippen molar-refractivity contribution < 1.29 is 20.1 Å². The number of rotatable bonds is 4. The lowest BCUT2D eigenvalue weighted by Crippen LogP contribution is -2.07. The van der Waals surface area contributed by atoms with Crippen LogP contribution in [0.2, 0.25) is 0 Å². The number of carboxylic acid groups (broad SMARTS) is 1. The normalized spacial score (nSPS) is 11.0. The molecule has 3 N–H and O–H groups in total. The van der Waals surface area contributed by atoms with Gasteiger partial charge in [-0.15, -0.1) is 0 Å². The van der Waals surface area contributed by atoms with Crippen molar-refractivity contribution in [2.45, 2.75) is 19.9 Å². The Hall–Kier alpha value is -2.95. The molecule has 3 aromatic rings. The van der Waals surface area contributed by atoms with Crippen LogP contribution in [0.5, 0.6) is 11.5 Å². The van der Waals surface area contributed by atoms with Crippen LogP contribution in [0.25, 0.3) is 10.9 Å². The highest BCUT2D eigenvalue weighted by atomic mass is 16.4. The molecule has 0 fully saturated rings. The molecule has 23 heavy (non-hydrogen) atoms. The molecule has 0 radical (unpaired) electrons. The molecule has 1 heterocycles. The number of benzene rings is 2. The lowest BCUT2D eigenvalue weighted by molar-refractivity contribution is 0.0697. The van der Waals surface area contributed by atoms with Crippen molar-refractivity contribution >= 4 is 16.9 Å². The van der Waals surface area contributed by atoms with Gasteiger partial charge in [0.2, 0.25) is 0 Å². The first kappa shape index (κ1) is 15.0. The van der Waals surface area contributed by atoms with Gasteiger partial charge in [-0.1, -0.05) is 25.1 Å². The Bertz CT molecular complexity index is 878. The fourth-order valence-corrected chi connectivity index (χ4v) is 3.00. The predicted molar refractivity (Wildman–Crippen MR) is 87.1 cm³/mol. The summed E-state index contributed by atoms with van der Waals surface area (Å²) in [6.45, 7) is 2.36. The van der Waals surface area contributed by atoms with Crippen molar-refractivity contribution in [2.24, 2.45) is 0 Å². The highest BCUT2D eigenvalue weighted by molar-refractivity contribution is 6.07. The summed E-state index contributed by atoms with van der Waals surface area (Å²) in [5.41, 5.74) is 2.45. The minimum absolute atomic E-state index is 0.0287. The number of phenols is 2. The first-order chi connectivity index (χ1) is 11.0. The van der Waals surface area contributed by atoms with E-state index in [0.717, 1.165) is 5.56 Å². The first-order valence-corrected chi connectivity index (χ1v) is 7.37. The molecule has 1 aromatic heterocycles. The number of carboxylic acids is 1. The zero-order valence-electron chi connectivity index (χ0n) is 12.7. The molecule has 0 spiro atoms. The van der Waals surface area contributed by atoms with Gasteiger partial charge in [0.25, 0.3) is 0 Å². The molecule has 0 unspecified atom stereocenters. The highest BCUT2D eigenvalue weighted by Gasteiger charge is 2.23. The van der Waals surface area contributed by atoms with Gasteiger partial charge in [-0.25, -0.2) is 4.79 Å². The molecule has 2 aromatic carbocycles. The zero-order valence-corrected chi connectivity index (χ0v) is 12.7. The summed E-state index contributed by atoms with van der Waals surface area (Å²) >= 11 is 0. The summed E-state index contributed by atoms with van der Waals surface area (Å²) in [5.74, 6) is -0.887. The molecule has 0 aliphatic carbocycles. The van der Waals surface area contributed by atoms with E-state index in [4.69, 9.17) is 0 Å². The van der Waals surface area contributed by atoms with E-state index in [1.807, 2.05) is 11.5 Å². The predicted octanol–water partition coefficient (Wildman–Crippen LogP) is 3.36. The molecule has 5 heteroatoms. The lowest BCUT2D eigenvalue weighted by atomic mass is 10.1.